The van der Waals surface area contributed by atoms with E-state index in [1.54, 1.807) is 6.20 Å². The van der Waals surface area contributed by atoms with Gasteiger partial charge in [-0.15, -0.1) is 0 Å². The first-order chi connectivity index (χ1) is 15.9. The van der Waals surface area contributed by atoms with Crippen LogP contribution in [-0.4, -0.2) is 40.6 Å². The predicted molar refractivity (Wildman–Crippen MR) is 129 cm³/mol. The second kappa shape index (κ2) is 11.6. The number of nitrogens with zero attached hydrogens (tertiary/aromatic N) is 2. The Morgan fingerprint density at radius 1 is 1.00 bits per heavy atom. The van der Waals surface area contributed by atoms with Crippen LogP contribution >= 0.6 is 11.8 Å². The fraction of sp³-hybridized carbons (Fsp3) is 0.320. The lowest BCUT2D eigenvalue weighted by molar-refractivity contribution is 0.193. The van der Waals surface area contributed by atoms with Gasteiger partial charge in [0, 0.05) is 18.2 Å². The van der Waals surface area contributed by atoms with Crippen molar-refractivity contribution in [3.63, 3.8) is 0 Å². The van der Waals surface area contributed by atoms with Crippen LogP contribution in [-0.2, 0) is 12.0 Å². The van der Waals surface area contributed by atoms with E-state index in [9.17, 15) is 4.79 Å². The Kier molecular flexibility index (Phi) is 8.54. The molecule has 174 valence electrons. The average Bonchev–Trinajstić information content (AvgIpc) is 2.83. The zero-order valence-electron chi connectivity index (χ0n) is 19.1. The van der Waals surface area contributed by atoms with Crippen molar-refractivity contribution in [2.45, 2.75) is 37.4 Å². The lowest BCUT2D eigenvalue weighted by atomic mass is 9.78. The minimum atomic E-state index is -1.02. The molecule has 2 aromatic carbocycles. The molecule has 3 rings (SSSR count). The molecular formula is C25H29N3O4S. The highest BCUT2D eigenvalue weighted by Gasteiger charge is 2.23. The smallest absolute Gasteiger partial charge is 0.404 e. The Labute approximate surface area is 198 Å². The standard InChI is InChI=1S/C25H29N3O4S/c1-25(2,18-5-9-21(10-6-18)31-16-4-14-27-24(29)30)19-7-11-22(12-8-19)32-17-20-13-15-26-23(28-20)33-3/h5-13,15,27H,4,14,16-17H2,1-3H3,(H,29,30). The van der Waals surface area contributed by atoms with Crippen molar-refractivity contribution < 1.29 is 19.4 Å². The summed E-state index contributed by atoms with van der Waals surface area (Å²) in [5, 5.41) is 11.6. The molecule has 2 N–H and O–H groups in total. The molecule has 7 nitrogen and oxygen atoms in total. The molecule has 0 aliphatic carbocycles. The second-order valence-electron chi connectivity index (χ2n) is 7.93. The van der Waals surface area contributed by atoms with E-state index < -0.39 is 6.09 Å². The van der Waals surface area contributed by atoms with Crippen molar-refractivity contribution in [2.75, 3.05) is 19.4 Å². The summed E-state index contributed by atoms with van der Waals surface area (Å²) in [6, 6.07) is 18.0. The molecule has 33 heavy (non-hydrogen) atoms. The van der Waals surface area contributed by atoms with E-state index in [1.807, 2.05) is 36.6 Å². The number of hydrogen-bond acceptors (Lipinski definition) is 6. The van der Waals surface area contributed by atoms with Crippen molar-refractivity contribution in [3.8, 4) is 11.5 Å². The molecule has 0 radical (unpaired) electrons. The molecule has 0 saturated carbocycles. The van der Waals surface area contributed by atoms with Gasteiger partial charge in [0.15, 0.2) is 5.16 Å². The van der Waals surface area contributed by atoms with Crippen LogP contribution in [0.4, 0.5) is 4.79 Å². The lowest BCUT2D eigenvalue weighted by Crippen LogP contribution is -2.23. The Morgan fingerprint density at radius 2 is 1.61 bits per heavy atom. The van der Waals surface area contributed by atoms with Crippen LogP contribution in [0.3, 0.4) is 0 Å². The molecule has 1 aromatic heterocycles. The van der Waals surface area contributed by atoms with E-state index >= 15 is 0 Å². The average molecular weight is 468 g/mol. The summed E-state index contributed by atoms with van der Waals surface area (Å²) < 4.78 is 11.6. The third-order valence-corrected chi connectivity index (χ3v) is 5.84. The summed E-state index contributed by atoms with van der Waals surface area (Å²) in [7, 11) is 0. The topological polar surface area (TPSA) is 93.6 Å². The van der Waals surface area contributed by atoms with Gasteiger partial charge >= 0.3 is 6.09 Å². The van der Waals surface area contributed by atoms with Crippen molar-refractivity contribution in [1.82, 2.24) is 15.3 Å². The molecule has 0 aliphatic heterocycles. The van der Waals surface area contributed by atoms with Gasteiger partial charge in [-0.3, -0.25) is 0 Å². The Morgan fingerprint density at radius 3 is 2.18 bits per heavy atom. The summed E-state index contributed by atoms with van der Waals surface area (Å²) in [5.74, 6) is 1.56. The fourth-order valence-corrected chi connectivity index (χ4v) is 3.65. The number of hydrogen-bond donors (Lipinski definition) is 2. The number of thioether (sulfide) groups is 1. The number of aromatic nitrogens is 2. The van der Waals surface area contributed by atoms with Gasteiger partial charge in [0.05, 0.1) is 12.3 Å². The van der Waals surface area contributed by atoms with Gasteiger partial charge in [-0.1, -0.05) is 49.9 Å². The van der Waals surface area contributed by atoms with Crippen LogP contribution in [0.1, 0.15) is 37.1 Å². The van der Waals surface area contributed by atoms with Crippen molar-refractivity contribution in [2.24, 2.45) is 0 Å². The third kappa shape index (κ3) is 7.12. The summed E-state index contributed by atoms with van der Waals surface area (Å²) >= 11 is 1.51. The third-order valence-electron chi connectivity index (χ3n) is 5.28. The van der Waals surface area contributed by atoms with Gasteiger partial charge in [0.1, 0.15) is 18.1 Å². The summed E-state index contributed by atoms with van der Waals surface area (Å²) in [6.07, 6.45) is 3.29. The molecule has 0 unspecified atom stereocenters. The van der Waals surface area contributed by atoms with E-state index in [-0.39, 0.29) is 5.41 Å². The van der Waals surface area contributed by atoms with Gasteiger partial charge in [0.2, 0.25) is 0 Å². The number of carboxylic acid groups (broad SMARTS) is 1. The Balaban J connectivity index is 1.56. The van der Waals surface area contributed by atoms with Crippen molar-refractivity contribution in [3.05, 3.63) is 77.6 Å². The van der Waals surface area contributed by atoms with Gasteiger partial charge in [-0.05, 0) is 54.1 Å². The molecule has 0 bridgehead atoms. The van der Waals surface area contributed by atoms with Crippen LogP contribution in [0.25, 0.3) is 0 Å². The quantitative estimate of drug-likeness (QED) is 0.229. The minimum Gasteiger partial charge on any atom is -0.494 e. The molecular weight excluding hydrogens is 438 g/mol. The molecule has 0 atom stereocenters. The van der Waals surface area contributed by atoms with E-state index in [2.05, 4.69) is 53.4 Å². The lowest BCUT2D eigenvalue weighted by Gasteiger charge is -2.26. The van der Waals surface area contributed by atoms with Crippen LogP contribution in [0.5, 0.6) is 11.5 Å². The Hall–Kier alpha value is -3.26. The Bertz CT molecular complexity index is 1040. The number of nitrogens with one attached hydrogen (secondary N) is 1. The van der Waals surface area contributed by atoms with Crippen LogP contribution < -0.4 is 14.8 Å². The summed E-state index contributed by atoms with van der Waals surface area (Å²) in [4.78, 5) is 19.1. The van der Waals surface area contributed by atoms with Crippen molar-refractivity contribution in [1.29, 1.82) is 0 Å². The number of benzene rings is 2. The maximum Gasteiger partial charge on any atom is 0.404 e. The second-order valence-corrected chi connectivity index (χ2v) is 8.70. The predicted octanol–water partition coefficient (Wildman–Crippen LogP) is 5.14. The molecule has 3 aromatic rings. The highest BCUT2D eigenvalue weighted by Crippen LogP contribution is 2.33. The first-order valence-corrected chi connectivity index (χ1v) is 11.9. The van der Waals surface area contributed by atoms with E-state index in [1.165, 1.54) is 22.9 Å². The normalized spacial score (nSPS) is 11.1. The van der Waals surface area contributed by atoms with E-state index in [0.717, 1.165) is 22.3 Å². The minimum absolute atomic E-state index is 0.192. The number of ether oxygens (including phenoxy) is 2. The zero-order chi connectivity index (χ0) is 23.7. The largest absolute Gasteiger partial charge is 0.494 e. The van der Waals surface area contributed by atoms with E-state index in [0.29, 0.717) is 26.2 Å². The first kappa shape index (κ1) is 24.4. The first-order valence-electron chi connectivity index (χ1n) is 10.7. The van der Waals surface area contributed by atoms with Gasteiger partial charge in [0.25, 0.3) is 0 Å². The van der Waals surface area contributed by atoms with Gasteiger partial charge in [-0.2, -0.15) is 0 Å². The molecule has 0 aliphatic rings. The van der Waals surface area contributed by atoms with E-state index in [4.69, 9.17) is 14.6 Å². The van der Waals surface area contributed by atoms with Crippen LogP contribution in [0, 0.1) is 0 Å². The van der Waals surface area contributed by atoms with Crippen LogP contribution in [0.2, 0.25) is 0 Å². The SMILES string of the molecule is CSc1nccc(COc2ccc(C(C)(C)c3ccc(OCCCNC(=O)O)cc3)cc2)n1. The van der Waals surface area contributed by atoms with Gasteiger partial charge < -0.3 is 19.9 Å². The molecule has 0 saturated heterocycles. The van der Waals surface area contributed by atoms with Crippen molar-refractivity contribution >= 4 is 17.9 Å². The molecule has 8 heteroatoms. The maximum absolute atomic E-state index is 10.4. The molecule has 1 amide bonds. The number of carbonyl (C=O) groups is 1. The molecule has 0 fully saturated rings. The number of rotatable bonds is 11. The van der Waals surface area contributed by atoms with Gasteiger partial charge in [-0.25, -0.2) is 14.8 Å². The summed E-state index contributed by atoms with van der Waals surface area (Å²) in [5.41, 5.74) is 3.00. The number of amides is 1. The van der Waals surface area contributed by atoms with Crippen LogP contribution in [0.15, 0.2) is 66.0 Å². The maximum atomic E-state index is 10.4. The highest BCUT2D eigenvalue weighted by molar-refractivity contribution is 7.98. The summed E-state index contributed by atoms with van der Waals surface area (Å²) in [6.45, 7) is 5.59. The monoisotopic (exact) mass is 467 g/mol. The molecule has 1 heterocycles. The zero-order valence-corrected chi connectivity index (χ0v) is 19.9. The molecule has 0 spiro atoms. The highest BCUT2D eigenvalue weighted by atomic mass is 32.2. The fourth-order valence-electron chi connectivity index (χ4n) is 3.27.